The molecule has 0 unspecified atom stereocenters. The molecule has 0 saturated carbocycles. The van der Waals surface area contributed by atoms with Gasteiger partial charge in [0.05, 0.1) is 18.6 Å². The van der Waals surface area contributed by atoms with Gasteiger partial charge in [-0.05, 0) is 53.5 Å². The molecule has 1 heterocycles. The summed E-state index contributed by atoms with van der Waals surface area (Å²) in [6.07, 6.45) is 4.28. The van der Waals surface area contributed by atoms with Crippen molar-refractivity contribution in [2.45, 2.75) is 19.6 Å². The summed E-state index contributed by atoms with van der Waals surface area (Å²) < 4.78 is 13.4. The maximum Gasteiger partial charge on any atom is 0.266 e. The summed E-state index contributed by atoms with van der Waals surface area (Å²) >= 11 is 10.3. The van der Waals surface area contributed by atoms with E-state index in [0.29, 0.717) is 40.3 Å². The molecule has 7 heteroatoms. The lowest BCUT2D eigenvalue weighted by atomic mass is 10.0. The summed E-state index contributed by atoms with van der Waals surface area (Å²) in [6, 6.07) is 21.7. The molecule has 4 nitrogen and oxygen atoms in total. The molecule has 35 heavy (non-hydrogen) atoms. The third kappa shape index (κ3) is 6.23. The topological polar surface area (TPSA) is 38.8 Å². The average molecular weight is 567 g/mol. The maximum atomic E-state index is 13.1. The molecule has 4 rings (SSSR count). The van der Waals surface area contributed by atoms with Crippen LogP contribution in [0.5, 0.6) is 11.5 Å². The van der Waals surface area contributed by atoms with E-state index in [1.54, 1.807) is 12.0 Å². The fourth-order valence-electron chi connectivity index (χ4n) is 3.68. The summed E-state index contributed by atoms with van der Waals surface area (Å²) in [7, 11) is 1.61. The fraction of sp³-hybridized carbons (Fsp3) is 0.143. The van der Waals surface area contributed by atoms with Gasteiger partial charge in [0.2, 0.25) is 0 Å². The van der Waals surface area contributed by atoms with Crippen LogP contribution in [-0.2, 0) is 24.4 Å². The molecule has 3 aromatic rings. The van der Waals surface area contributed by atoms with Gasteiger partial charge >= 0.3 is 0 Å². The molecule has 0 radical (unpaired) electrons. The van der Waals surface area contributed by atoms with Crippen molar-refractivity contribution >= 4 is 56.2 Å². The molecular weight excluding hydrogens is 542 g/mol. The Labute approximate surface area is 223 Å². The Morgan fingerprint density at radius 2 is 1.83 bits per heavy atom. The summed E-state index contributed by atoms with van der Waals surface area (Å²) in [6.45, 7) is 4.75. The van der Waals surface area contributed by atoms with Gasteiger partial charge in [-0.2, -0.15) is 0 Å². The Kier molecular flexibility index (Phi) is 8.44. The minimum absolute atomic E-state index is 0.0938. The number of methoxy groups -OCH3 is 1. The summed E-state index contributed by atoms with van der Waals surface area (Å²) in [4.78, 5) is 15.3. The molecule has 0 N–H and O–H groups in total. The van der Waals surface area contributed by atoms with Crippen LogP contribution >= 0.6 is 39.9 Å². The van der Waals surface area contributed by atoms with E-state index in [0.717, 1.165) is 26.7 Å². The maximum absolute atomic E-state index is 13.1. The lowest BCUT2D eigenvalue weighted by Gasteiger charge is -2.16. The minimum atomic E-state index is -0.0938. The zero-order valence-electron chi connectivity index (χ0n) is 19.2. The van der Waals surface area contributed by atoms with E-state index in [1.165, 1.54) is 11.8 Å². The van der Waals surface area contributed by atoms with Crippen LogP contribution in [0.15, 0.2) is 88.8 Å². The van der Waals surface area contributed by atoms with Crippen molar-refractivity contribution in [2.24, 2.45) is 0 Å². The monoisotopic (exact) mass is 565 g/mol. The summed E-state index contributed by atoms with van der Waals surface area (Å²) in [5.74, 6) is 1.18. The van der Waals surface area contributed by atoms with Crippen molar-refractivity contribution in [3.05, 3.63) is 111 Å². The van der Waals surface area contributed by atoms with E-state index in [2.05, 4.69) is 22.5 Å². The van der Waals surface area contributed by atoms with Gasteiger partial charge in [0.1, 0.15) is 10.9 Å². The zero-order valence-corrected chi connectivity index (χ0v) is 22.4. The second-order valence-corrected chi connectivity index (χ2v) is 10.5. The number of halogens is 1. The fourth-order valence-corrected chi connectivity index (χ4v) is 5.20. The highest BCUT2D eigenvalue weighted by Crippen LogP contribution is 2.38. The molecule has 0 atom stereocenters. The number of thioether (sulfide) groups is 1. The van der Waals surface area contributed by atoms with Gasteiger partial charge in [0.25, 0.3) is 5.91 Å². The Balaban J connectivity index is 1.59. The van der Waals surface area contributed by atoms with Gasteiger partial charge in [0, 0.05) is 10.0 Å². The second kappa shape index (κ2) is 11.7. The molecule has 3 aromatic carbocycles. The number of thiocarbonyl (C=S) groups is 1. The molecule has 0 spiro atoms. The molecule has 1 aliphatic rings. The van der Waals surface area contributed by atoms with E-state index in [-0.39, 0.29) is 5.91 Å². The molecule has 1 aliphatic heterocycles. The Morgan fingerprint density at radius 1 is 1.09 bits per heavy atom. The first kappa shape index (κ1) is 25.2. The van der Waals surface area contributed by atoms with E-state index >= 15 is 0 Å². The van der Waals surface area contributed by atoms with Crippen molar-refractivity contribution in [2.75, 3.05) is 7.11 Å². The van der Waals surface area contributed by atoms with Crippen LogP contribution in [0.4, 0.5) is 0 Å². The van der Waals surface area contributed by atoms with E-state index in [9.17, 15) is 4.79 Å². The number of allylic oxidation sites excluding steroid dienone is 1. The first-order valence-electron chi connectivity index (χ1n) is 11.0. The summed E-state index contributed by atoms with van der Waals surface area (Å²) in [5.41, 5.74) is 3.86. The van der Waals surface area contributed by atoms with Gasteiger partial charge in [-0.25, -0.2) is 0 Å². The summed E-state index contributed by atoms with van der Waals surface area (Å²) in [5, 5.41) is 0. The molecule has 1 amide bonds. The number of hydrogen-bond acceptors (Lipinski definition) is 5. The quantitative estimate of drug-likeness (QED) is 0.156. The number of amides is 1. The van der Waals surface area contributed by atoms with Crippen molar-refractivity contribution in [1.29, 1.82) is 0 Å². The number of hydrogen-bond donors (Lipinski definition) is 0. The van der Waals surface area contributed by atoms with E-state index < -0.39 is 0 Å². The number of carbonyl (C=O) groups excluding carboxylic acids is 1. The zero-order chi connectivity index (χ0) is 24.8. The first-order chi connectivity index (χ1) is 17.0. The molecule has 0 bridgehead atoms. The SMILES string of the molecule is C=CCc1cc(/C=C2/SC(=S)N(Cc3ccccc3)C2=O)cc(OC)c1OCc1ccc(Br)cc1. The van der Waals surface area contributed by atoms with Crippen LogP contribution in [0, 0.1) is 0 Å². The molecule has 1 saturated heterocycles. The van der Waals surface area contributed by atoms with Crippen LogP contribution in [0.3, 0.4) is 0 Å². The van der Waals surface area contributed by atoms with Crippen molar-refractivity contribution < 1.29 is 14.3 Å². The Hall–Kier alpha value is -2.87. The second-order valence-electron chi connectivity index (χ2n) is 7.87. The van der Waals surface area contributed by atoms with Gasteiger partial charge in [-0.3, -0.25) is 9.69 Å². The number of ether oxygens (including phenoxy) is 2. The Bertz CT molecular complexity index is 1270. The van der Waals surface area contributed by atoms with Crippen molar-refractivity contribution in [3.8, 4) is 11.5 Å². The standard InChI is InChI=1S/C28H24BrNO3S2/c1-3-7-22-14-21(15-24(32-2)26(22)33-18-20-10-12-23(29)13-11-20)16-25-27(31)30(28(34)35-25)17-19-8-5-4-6-9-19/h3-6,8-16H,1,7,17-18H2,2H3/b25-16+. The molecule has 1 fully saturated rings. The van der Waals surface area contributed by atoms with Crippen LogP contribution in [0.1, 0.15) is 22.3 Å². The predicted octanol–water partition coefficient (Wildman–Crippen LogP) is 7.17. The molecular formula is C28H24BrNO3S2. The van der Waals surface area contributed by atoms with Crippen LogP contribution in [0.2, 0.25) is 0 Å². The van der Waals surface area contributed by atoms with Gasteiger partial charge in [-0.1, -0.05) is 88.5 Å². The normalized spacial score (nSPS) is 14.5. The highest BCUT2D eigenvalue weighted by molar-refractivity contribution is 9.10. The van der Waals surface area contributed by atoms with E-state index in [4.69, 9.17) is 21.7 Å². The first-order valence-corrected chi connectivity index (χ1v) is 13.0. The highest BCUT2D eigenvalue weighted by atomic mass is 79.9. The molecule has 178 valence electrons. The molecule has 0 aliphatic carbocycles. The van der Waals surface area contributed by atoms with Crippen molar-refractivity contribution in [1.82, 2.24) is 4.90 Å². The van der Waals surface area contributed by atoms with Crippen molar-refractivity contribution in [3.63, 3.8) is 0 Å². The average Bonchev–Trinajstić information content (AvgIpc) is 3.12. The van der Waals surface area contributed by atoms with Gasteiger partial charge in [-0.15, -0.1) is 6.58 Å². The van der Waals surface area contributed by atoms with Crippen LogP contribution in [-0.4, -0.2) is 22.2 Å². The van der Waals surface area contributed by atoms with Gasteiger partial charge in [0.15, 0.2) is 11.5 Å². The third-order valence-corrected chi connectivity index (χ3v) is 7.30. The number of nitrogens with zero attached hydrogens (tertiary/aromatic N) is 1. The number of benzene rings is 3. The lowest BCUT2D eigenvalue weighted by molar-refractivity contribution is -0.122. The van der Waals surface area contributed by atoms with E-state index in [1.807, 2.05) is 78.9 Å². The number of carbonyl (C=O) groups is 1. The smallest absolute Gasteiger partial charge is 0.266 e. The van der Waals surface area contributed by atoms with Gasteiger partial charge < -0.3 is 9.47 Å². The number of rotatable bonds is 9. The third-order valence-electron chi connectivity index (χ3n) is 5.39. The highest BCUT2D eigenvalue weighted by Gasteiger charge is 2.32. The molecule has 0 aromatic heterocycles. The predicted molar refractivity (Wildman–Crippen MR) is 151 cm³/mol. The van der Waals surface area contributed by atoms with Crippen LogP contribution < -0.4 is 9.47 Å². The lowest BCUT2D eigenvalue weighted by Crippen LogP contribution is -2.27. The minimum Gasteiger partial charge on any atom is -0.493 e. The van der Waals surface area contributed by atoms with Crippen LogP contribution in [0.25, 0.3) is 6.08 Å². The Morgan fingerprint density at radius 3 is 2.51 bits per heavy atom. The largest absolute Gasteiger partial charge is 0.493 e.